The Morgan fingerprint density at radius 3 is 2.42 bits per heavy atom. The molecule has 3 rings (SSSR count). The molecule has 1 saturated carbocycles. The van der Waals surface area contributed by atoms with E-state index >= 15 is 0 Å². The molecule has 1 aliphatic heterocycles. The number of halogens is 1. The number of piperidine rings is 1. The summed E-state index contributed by atoms with van der Waals surface area (Å²) in [6.07, 6.45) is 1.45. The molecule has 2 fully saturated rings. The number of fused-ring (bicyclic) bond motifs is 1. The molecule has 170 valence electrons. The molecular formula is C22H28ClNO7. The fourth-order valence-corrected chi connectivity index (χ4v) is 4.58. The van der Waals surface area contributed by atoms with Gasteiger partial charge in [0.25, 0.3) is 0 Å². The molecule has 1 aromatic carbocycles. The van der Waals surface area contributed by atoms with E-state index < -0.39 is 29.7 Å². The van der Waals surface area contributed by atoms with E-state index in [4.69, 9.17) is 21.1 Å². The van der Waals surface area contributed by atoms with Gasteiger partial charge >= 0.3 is 18.0 Å². The minimum Gasteiger partial charge on any atom is -0.489 e. The number of carboxylic acids is 2. The van der Waals surface area contributed by atoms with Crippen LogP contribution in [0.25, 0.3) is 0 Å². The van der Waals surface area contributed by atoms with E-state index in [9.17, 15) is 24.6 Å². The van der Waals surface area contributed by atoms with E-state index in [1.54, 1.807) is 20.8 Å². The van der Waals surface area contributed by atoms with Gasteiger partial charge in [0, 0.05) is 11.6 Å². The number of rotatable bonds is 4. The molecule has 0 aromatic heterocycles. The number of carbonyl (C=O) groups is 3. The zero-order valence-corrected chi connectivity index (χ0v) is 18.6. The summed E-state index contributed by atoms with van der Waals surface area (Å²) in [4.78, 5) is 37.3. The largest absolute Gasteiger partial charge is 0.489 e. The maximum absolute atomic E-state index is 12.6. The second-order valence-electron chi connectivity index (χ2n) is 9.24. The Balaban J connectivity index is 1.72. The summed E-state index contributed by atoms with van der Waals surface area (Å²) in [6.45, 7) is 5.56. The molecule has 1 aliphatic carbocycles. The summed E-state index contributed by atoms with van der Waals surface area (Å²) >= 11 is 6.01. The second kappa shape index (κ2) is 8.94. The van der Waals surface area contributed by atoms with Gasteiger partial charge in [0.1, 0.15) is 23.0 Å². The molecule has 4 atom stereocenters. The van der Waals surface area contributed by atoms with Crippen molar-refractivity contribution < 1.29 is 34.1 Å². The van der Waals surface area contributed by atoms with Crippen LogP contribution in [0.4, 0.5) is 4.79 Å². The van der Waals surface area contributed by atoms with Crippen molar-refractivity contribution in [2.45, 2.75) is 64.2 Å². The van der Waals surface area contributed by atoms with Gasteiger partial charge in [-0.25, -0.2) is 14.4 Å². The molecule has 2 aliphatic rings. The van der Waals surface area contributed by atoms with Crippen LogP contribution in [0.1, 0.15) is 56.8 Å². The van der Waals surface area contributed by atoms with E-state index in [1.165, 1.54) is 23.1 Å². The van der Waals surface area contributed by atoms with Crippen molar-refractivity contribution in [2.75, 3.05) is 6.54 Å². The van der Waals surface area contributed by atoms with Gasteiger partial charge in [0.05, 0.1) is 6.10 Å². The number of nitrogens with zero attached hydrogens (tertiary/aromatic N) is 1. The topological polar surface area (TPSA) is 113 Å². The summed E-state index contributed by atoms with van der Waals surface area (Å²) < 4.78 is 11.4. The Morgan fingerprint density at radius 1 is 1.10 bits per heavy atom. The van der Waals surface area contributed by atoms with E-state index in [0.717, 1.165) is 6.42 Å². The van der Waals surface area contributed by atoms with Gasteiger partial charge < -0.3 is 19.7 Å². The first-order chi connectivity index (χ1) is 14.4. The molecule has 0 bridgehead atoms. The zero-order valence-electron chi connectivity index (χ0n) is 17.8. The fraction of sp³-hybridized carbons (Fsp3) is 0.591. The normalized spacial score (nSPS) is 26.0. The van der Waals surface area contributed by atoms with Gasteiger partial charge in [0.2, 0.25) is 0 Å². The van der Waals surface area contributed by atoms with Gasteiger partial charge in [-0.3, -0.25) is 4.90 Å². The number of likely N-dealkylation sites (tertiary alicyclic amines) is 1. The summed E-state index contributed by atoms with van der Waals surface area (Å²) in [7, 11) is 0. The molecule has 1 aromatic rings. The monoisotopic (exact) mass is 453 g/mol. The third-order valence-corrected chi connectivity index (χ3v) is 6.04. The highest BCUT2D eigenvalue weighted by atomic mass is 35.5. The number of aliphatic carboxylic acids is 1. The van der Waals surface area contributed by atoms with Crippen LogP contribution in [0.5, 0.6) is 5.75 Å². The molecule has 8 nitrogen and oxygen atoms in total. The lowest BCUT2D eigenvalue weighted by atomic mass is 9.72. The van der Waals surface area contributed by atoms with Crippen LogP contribution < -0.4 is 4.74 Å². The Kier molecular flexibility index (Phi) is 6.69. The lowest BCUT2D eigenvalue weighted by Gasteiger charge is -2.46. The average Bonchev–Trinajstić information content (AvgIpc) is 2.65. The number of ether oxygens (including phenoxy) is 2. The predicted molar refractivity (Wildman–Crippen MR) is 113 cm³/mol. The van der Waals surface area contributed by atoms with Crippen LogP contribution in [-0.4, -0.2) is 57.4 Å². The van der Waals surface area contributed by atoms with E-state index in [1.807, 2.05) is 0 Å². The van der Waals surface area contributed by atoms with E-state index in [0.29, 0.717) is 30.8 Å². The molecule has 0 spiro atoms. The Bertz CT molecular complexity index is 866. The van der Waals surface area contributed by atoms with Gasteiger partial charge in [-0.2, -0.15) is 0 Å². The number of benzene rings is 1. The van der Waals surface area contributed by atoms with Crippen molar-refractivity contribution in [3.8, 4) is 5.75 Å². The van der Waals surface area contributed by atoms with Crippen molar-refractivity contribution in [3.63, 3.8) is 0 Å². The number of amides is 1. The number of hydrogen-bond donors (Lipinski definition) is 2. The third-order valence-electron chi connectivity index (χ3n) is 5.81. The standard InChI is InChI=1S/C22H28ClNO7/c1-22(2,3)31-21(29)24-11-12-4-6-15(8-13(12)9-17(24)20(27)28)30-18-10-14(23)5-7-16(18)19(25)26/h5,7,10,12-13,15,17H,4,6,8-9,11H2,1-3H3,(H,25,26)(H,27,28). The highest BCUT2D eigenvalue weighted by Gasteiger charge is 2.45. The Morgan fingerprint density at radius 2 is 1.81 bits per heavy atom. The van der Waals surface area contributed by atoms with Gasteiger partial charge in [-0.1, -0.05) is 11.6 Å². The van der Waals surface area contributed by atoms with Crippen molar-refractivity contribution in [3.05, 3.63) is 28.8 Å². The third kappa shape index (κ3) is 5.61. The predicted octanol–water partition coefficient (Wildman–Crippen LogP) is 4.30. The SMILES string of the molecule is CC(C)(C)OC(=O)N1CC2CCC(Oc3cc(Cl)ccc3C(=O)O)CC2CC1C(=O)O. The van der Waals surface area contributed by atoms with Crippen LogP contribution in [0.2, 0.25) is 5.02 Å². The van der Waals surface area contributed by atoms with Crippen molar-refractivity contribution in [1.29, 1.82) is 0 Å². The van der Waals surface area contributed by atoms with Gasteiger partial charge in [-0.05, 0) is 76.5 Å². The van der Waals surface area contributed by atoms with E-state index in [2.05, 4.69) is 0 Å². The second-order valence-corrected chi connectivity index (χ2v) is 9.68. The lowest BCUT2D eigenvalue weighted by molar-refractivity contribution is -0.147. The number of carboxylic acid groups (broad SMARTS) is 2. The number of aromatic carboxylic acids is 1. The smallest absolute Gasteiger partial charge is 0.411 e. The van der Waals surface area contributed by atoms with Crippen LogP contribution in [0.3, 0.4) is 0 Å². The molecule has 1 amide bonds. The van der Waals surface area contributed by atoms with Gasteiger partial charge in [-0.15, -0.1) is 0 Å². The molecule has 0 radical (unpaired) electrons. The first-order valence-electron chi connectivity index (χ1n) is 10.4. The highest BCUT2D eigenvalue weighted by molar-refractivity contribution is 6.30. The first-order valence-corrected chi connectivity index (χ1v) is 10.7. The Hall–Kier alpha value is -2.48. The molecule has 4 unspecified atom stereocenters. The molecule has 31 heavy (non-hydrogen) atoms. The van der Waals surface area contributed by atoms with Crippen LogP contribution in [-0.2, 0) is 9.53 Å². The van der Waals surface area contributed by atoms with Crippen LogP contribution in [0, 0.1) is 11.8 Å². The summed E-state index contributed by atoms with van der Waals surface area (Å²) in [5, 5.41) is 19.5. The number of hydrogen-bond acceptors (Lipinski definition) is 5. The van der Waals surface area contributed by atoms with Crippen molar-refractivity contribution >= 4 is 29.6 Å². The maximum Gasteiger partial charge on any atom is 0.411 e. The Labute approximate surface area is 186 Å². The van der Waals surface area contributed by atoms with Crippen molar-refractivity contribution in [1.82, 2.24) is 4.90 Å². The van der Waals surface area contributed by atoms with Crippen molar-refractivity contribution in [2.24, 2.45) is 11.8 Å². The molecule has 1 saturated heterocycles. The fourth-order valence-electron chi connectivity index (χ4n) is 4.42. The molecule has 2 N–H and O–H groups in total. The van der Waals surface area contributed by atoms with Crippen LogP contribution >= 0.6 is 11.6 Å². The van der Waals surface area contributed by atoms with Crippen LogP contribution in [0.15, 0.2) is 18.2 Å². The summed E-state index contributed by atoms with van der Waals surface area (Å²) in [6, 6.07) is 3.43. The summed E-state index contributed by atoms with van der Waals surface area (Å²) in [5.41, 5.74) is -0.670. The number of carbonyl (C=O) groups excluding carboxylic acids is 1. The zero-order chi connectivity index (χ0) is 22.9. The van der Waals surface area contributed by atoms with Gasteiger partial charge in [0.15, 0.2) is 0 Å². The minimum absolute atomic E-state index is 0.0367. The maximum atomic E-state index is 12.6. The highest BCUT2D eigenvalue weighted by Crippen LogP contribution is 2.41. The molecule has 9 heteroatoms. The lowest BCUT2D eigenvalue weighted by Crippen LogP contribution is -2.56. The molecule has 1 heterocycles. The summed E-state index contributed by atoms with van der Waals surface area (Å²) in [5.74, 6) is -1.76. The molecular weight excluding hydrogens is 426 g/mol. The quantitative estimate of drug-likeness (QED) is 0.698. The average molecular weight is 454 g/mol. The first kappa shape index (κ1) is 23.2. The minimum atomic E-state index is -1.10. The van der Waals surface area contributed by atoms with E-state index in [-0.39, 0.29) is 29.3 Å².